The Morgan fingerprint density at radius 1 is 1.31 bits per heavy atom. The van der Waals surface area contributed by atoms with Gasteiger partial charge < -0.3 is 10.6 Å². The summed E-state index contributed by atoms with van der Waals surface area (Å²) in [6, 6.07) is 0. The SMILES string of the molecule is CCCCNC(=O)CNCC1(CC)CCC1. The van der Waals surface area contributed by atoms with Crippen LogP contribution in [-0.2, 0) is 4.79 Å². The molecule has 1 amide bonds. The minimum Gasteiger partial charge on any atom is -0.355 e. The molecule has 2 N–H and O–H groups in total. The van der Waals surface area contributed by atoms with Crippen LogP contribution in [-0.4, -0.2) is 25.5 Å². The van der Waals surface area contributed by atoms with Gasteiger partial charge in [0, 0.05) is 13.1 Å². The second-order valence-electron chi connectivity index (χ2n) is 5.01. The van der Waals surface area contributed by atoms with Gasteiger partial charge in [0.2, 0.25) is 5.91 Å². The molecule has 1 fully saturated rings. The first-order valence-electron chi connectivity index (χ1n) is 6.70. The van der Waals surface area contributed by atoms with E-state index in [2.05, 4.69) is 24.5 Å². The molecule has 3 heteroatoms. The molecule has 1 saturated carbocycles. The lowest BCUT2D eigenvalue weighted by molar-refractivity contribution is -0.120. The molecule has 0 aromatic carbocycles. The summed E-state index contributed by atoms with van der Waals surface area (Å²) in [7, 11) is 0. The van der Waals surface area contributed by atoms with Crippen LogP contribution in [0.4, 0.5) is 0 Å². The standard InChI is InChI=1S/C13H26N2O/c1-3-5-9-15-12(16)10-14-11-13(4-2)7-6-8-13/h14H,3-11H2,1-2H3,(H,15,16). The first-order chi connectivity index (χ1) is 7.72. The molecular formula is C13H26N2O. The molecule has 0 spiro atoms. The number of unbranched alkanes of at least 4 members (excludes halogenated alkanes) is 1. The summed E-state index contributed by atoms with van der Waals surface area (Å²) < 4.78 is 0. The van der Waals surface area contributed by atoms with E-state index in [1.165, 1.54) is 25.7 Å². The molecule has 0 heterocycles. The van der Waals surface area contributed by atoms with Crippen molar-refractivity contribution in [2.24, 2.45) is 5.41 Å². The van der Waals surface area contributed by atoms with E-state index in [9.17, 15) is 4.79 Å². The normalized spacial score (nSPS) is 17.9. The van der Waals surface area contributed by atoms with Crippen molar-refractivity contribution in [3.63, 3.8) is 0 Å². The Balaban J connectivity index is 2.03. The quantitative estimate of drug-likeness (QED) is 0.622. The van der Waals surface area contributed by atoms with Crippen LogP contribution in [0.25, 0.3) is 0 Å². The van der Waals surface area contributed by atoms with Crippen LogP contribution < -0.4 is 10.6 Å². The van der Waals surface area contributed by atoms with Crippen LogP contribution in [0.15, 0.2) is 0 Å². The maximum atomic E-state index is 11.4. The summed E-state index contributed by atoms with van der Waals surface area (Å²) >= 11 is 0. The lowest BCUT2D eigenvalue weighted by atomic mass is 9.67. The van der Waals surface area contributed by atoms with Gasteiger partial charge in [-0.3, -0.25) is 4.79 Å². The molecular weight excluding hydrogens is 200 g/mol. The van der Waals surface area contributed by atoms with Gasteiger partial charge >= 0.3 is 0 Å². The van der Waals surface area contributed by atoms with Crippen LogP contribution >= 0.6 is 0 Å². The molecule has 0 atom stereocenters. The fourth-order valence-corrected chi connectivity index (χ4v) is 2.24. The molecule has 0 radical (unpaired) electrons. The Hall–Kier alpha value is -0.570. The van der Waals surface area contributed by atoms with Gasteiger partial charge in [0.25, 0.3) is 0 Å². The molecule has 1 aliphatic rings. The van der Waals surface area contributed by atoms with Crippen LogP contribution in [0, 0.1) is 5.41 Å². The van der Waals surface area contributed by atoms with Crippen molar-refractivity contribution < 1.29 is 4.79 Å². The number of hydrogen-bond donors (Lipinski definition) is 2. The summed E-state index contributed by atoms with van der Waals surface area (Å²) in [5.74, 6) is 0.138. The van der Waals surface area contributed by atoms with Crippen molar-refractivity contribution in [3.8, 4) is 0 Å². The molecule has 0 aromatic rings. The second kappa shape index (κ2) is 6.89. The largest absolute Gasteiger partial charge is 0.355 e. The summed E-state index contributed by atoms with van der Waals surface area (Å²) in [6.07, 6.45) is 7.45. The van der Waals surface area contributed by atoms with Gasteiger partial charge in [-0.1, -0.05) is 26.7 Å². The van der Waals surface area contributed by atoms with E-state index in [0.29, 0.717) is 12.0 Å². The van der Waals surface area contributed by atoms with Crippen molar-refractivity contribution >= 4 is 5.91 Å². The number of hydrogen-bond acceptors (Lipinski definition) is 2. The number of nitrogens with one attached hydrogen (secondary N) is 2. The molecule has 3 nitrogen and oxygen atoms in total. The van der Waals surface area contributed by atoms with Gasteiger partial charge in [-0.25, -0.2) is 0 Å². The number of carbonyl (C=O) groups is 1. The highest BCUT2D eigenvalue weighted by atomic mass is 16.1. The van der Waals surface area contributed by atoms with Gasteiger partial charge in [-0.2, -0.15) is 0 Å². The minimum atomic E-state index is 0.138. The lowest BCUT2D eigenvalue weighted by Crippen LogP contribution is -2.43. The maximum absolute atomic E-state index is 11.4. The van der Waals surface area contributed by atoms with Crippen molar-refractivity contribution in [2.75, 3.05) is 19.6 Å². The number of rotatable bonds is 8. The first kappa shape index (κ1) is 13.5. The maximum Gasteiger partial charge on any atom is 0.233 e. The van der Waals surface area contributed by atoms with Gasteiger partial charge in [0.05, 0.1) is 6.54 Å². The topological polar surface area (TPSA) is 41.1 Å². The van der Waals surface area contributed by atoms with Gasteiger partial charge in [0.15, 0.2) is 0 Å². The van der Waals surface area contributed by atoms with Crippen molar-refractivity contribution in [1.82, 2.24) is 10.6 Å². The zero-order valence-electron chi connectivity index (χ0n) is 10.8. The van der Waals surface area contributed by atoms with Gasteiger partial charge in [-0.05, 0) is 31.1 Å². The van der Waals surface area contributed by atoms with Crippen molar-refractivity contribution in [2.45, 2.75) is 52.4 Å². The van der Waals surface area contributed by atoms with E-state index < -0.39 is 0 Å². The fraction of sp³-hybridized carbons (Fsp3) is 0.923. The van der Waals surface area contributed by atoms with E-state index in [-0.39, 0.29) is 5.91 Å². The van der Waals surface area contributed by atoms with E-state index in [1.807, 2.05) is 0 Å². The monoisotopic (exact) mass is 226 g/mol. The molecule has 1 rings (SSSR count). The van der Waals surface area contributed by atoms with Crippen LogP contribution in [0.1, 0.15) is 52.4 Å². The molecule has 0 aliphatic heterocycles. The predicted octanol–water partition coefficient (Wildman–Crippen LogP) is 2.07. The highest BCUT2D eigenvalue weighted by molar-refractivity contribution is 5.77. The minimum absolute atomic E-state index is 0.138. The Bertz CT molecular complexity index is 206. The molecule has 94 valence electrons. The summed E-state index contributed by atoms with van der Waals surface area (Å²) in [5.41, 5.74) is 0.504. The zero-order chi connectivity index (χ0) is 11.9. The van der Waals surface area contributed by atoms with E-state index in [4.69, 9.17) is 0 Å². The molecule has 0 unspecified atom stereocenters. The number of carbonyl (C=O) groups excluding carboxylic acids is 1. The summed E-state index contributed by atoms with van der Waals surface area (Å²) in [4.78, 5) is 11.4. The Kier molecular flexibility index (Phi) is 5.81. The Morgan fingerprint density at radius 3 is 2.56 bits per heavy atom. The third-order valence-electron chi connectivity index (χ3n) is 3.80. The zero-order valence-corrected chi connectivity index (χ0v) is 10.8. The third kappa shape index (κ3) is 4.12. The smallest absolute Gasteiger partial charge is 0.233 e. The average Bonchev–Trinajstić information content (AvgIpc) is 2.22. The molecule has 0 aromatic heterocycles. The van der Waals surface area contributed by atoms with E-state index in [1.54, 1.807) is 0 Å². The van der Waals surface area contributed by atoms with E-state index >= 15 is 0 Å². The number of amides is 1. The third-order valence-corrected chi connectivity index (χ3v) is 3.80. The van der Waals surface area contributed by atoms with Crippen molar-refractivity contribution in [1.29, 1.82) is 0 Å². The summed E-state index contributed by atoms with van der Waals surface area (Å²) in [5, 5.41) is 6.22. The molecule has 16 heavy (non-hydrogen) atoms. The highest BCUT2D eigenvalue weighted by Crippen LogP contribution is 2.42. The van der Waals surface area contributed by atoms with Crippen molar-refractivity contribution in [3.05, 3.63) is 0 Å². The van der Waals surface area contributed by atoms with E-state index in [0.717, 1.165) is 25.9 Å². The fourth-order valence-electron chi connectivity index (χ4n) is 2.24. The highest BCUT2D eigenvalue weighted by Gasteiger charge is 2.34. The van der Waals surface area contributed by atoms with Crippen LogP contribution in [0.3, 0.4) is 0 Å². The van der Waals surface area contributed by atoms with Gasteiger partial charge in [0.1, 0.15) is 0 Å². The first-order valence-corrected chi connectivity index (χ1v) is 6.70. The molecule has 1 aliphatic carbocycles. The van der Waals surface area contributed by atoms with Crippen LogP contribution in [0.5, 0.6) is 0 Å². The molecule has 0 bridgehead atoms. The predicted molar refractivity (Wildman–Crippen MR) is 67.4 cm³/mol. The van der Waals surface area contributed by atoms with Gasteiger partial charge in [-0.15, -0.1) is 0 Å². The Morgan fingerprint density at radius 2 is 2.06 bits per heavy atom. The second-order valence-corrected chi connectivity index (χ2v) is 5.01. The molecule has 0 saturated heterocycles. The average molecular weight is 226 g/mol. The summed E-state index contributed by atoms with van der Waals surface area (Å²) in [6.45, 7) is 6.68. The van der Waals surface area contributed by atoms with Crippen LogP contribution in [0.2, 0.25) is 0 Å². The lowest BCUT2D eigenvalue weighted by Gasteiger charge is -2.41. The Labute approximate surface area is 99.4 Å².